The van der Waals surface area contributed by atoms with Crippen molar-refractivity contribution < 1.29 is 9.47 Å². The summed E-state index contributed by atoms with van der Waals surface area (Å²) in [7, 11) is 3.50. The summed E-state index contributed by atoms with van der Waals surface area (Å²) in [5.74, 6) is 0. The molecule has 0 rings (SSSR count). The first-order valence-electron chi connectivity index (χ1n) is 6.14. The zero-order chi connectivity index (χ0) is 12.3. The molecular weight excluding hydrogens is 204 g/mol. The van der Waals surface area contributed by atoms with E-state index in [-0.39, 0.29) is 5.60 Å². The second kappa shape index (κ2) is 10.0. The lowest BCUT2D eigenvalue weighted by Crippen LogP contribution is -2.39. The molecule has 4 heteroatoms. The maximum atomic E-state index is 5.45. The van der Waals surface area contributed by atoms with E-state index in [1.807, 2.05) is 0 Å². The van der Waals surface area contributed by atoms with E-state index in [9.17, 15) is 0 Å². The largest absolute Gasteiger partial charge is 0.383 e. The number of ether oxygens (including phenoxy) is 2. The van der Waals surface area contributed by atoms with Crippen molar-refractivity contribution in [2.75, 3.05) is 47.0 Å². The summed E-state index contributed by atoms with van der Waals surface area (Å²) in [5, 5.41) is 6.74. The smallest absolute Gasteiger partial charge is 0.0771 e. The van der Waals surface area contributed by atoms with Crippen LogP contribution >= 0.6 is 0 Å². The molecular formula is C12H28N2O2. The van der Waals surface area contributed by atoms with E-state index in [1.165, 1.54) is 0 Å². The van der Waals surface area contributed by atoms with Gasteiger partial charge in [0.05, 0.1) is 12.2 Å². The second-order valence-corrected chi connectivity index (χ2v) is 4.28. The topological polar surface area (TPSA) is 42.5 Å². The minimum absolute atomic E-state index is 0.0243. The second-order valence-electron chi connectivity index (χ2n) is 4.28. The predicted octanol–water partition coefficient (Wildman–Crippen LogP) is 1.02. The van der Waals surface area contributed by atoms with Gasteiger partial charge in [0.25, 0.3) is 0 Å². The Kier molecular flexibility index (Phi) is 9.92. The molecule has 4 nitrogen and oxygen atoms in total. The summed E-state index contributed by atoms with van der Waals surface area (Å²) in [4.78, 5) is 0. The predicted molar refractivity (Wildman–Crippen MR) is 67.9 cm³/mol. The van der Waals surface area contributed by atoms with Gasteiger partial charge in [0.1, 0.15) is 0 Å². The van der Waals surface area contributed by atoms with Gasteiger partial charge in [-0.2, -0.15) is 0 Å². The van der Waals surface area contributed by atoms with E-state index in [2.05, 4.69) is 24.5 Å². The van der Waals surface area contributed by atoms with Gasteiger partial charge in [-0.1, -0.05) is 6.92 Å². The van der Waals surface area contributed by atoms with Crippen LogP contribution in [0.25, 0.3) is 0 Å². The zero-order valence-electron chi connectivity index (χ0n) is 11.3. The van der Waals surface area contributed by atoms with Crippen LogP contribution in [-0.2, 0) is 9.47 Å². The fourth-order valence-corrected chi connectivity index (χ4v) is 1.33. The number of nitrogens with one attached hydrogen (secondary N) is 2. The van der Waals surface area contributed by atoms with Gasteiger partial charge >= 0.3 is 0 Å². The molecule has 0 aromatic heterocycles. The SMILES string of the molecule is CCC(C)(CNCCCNCCOC)OC. The van der Waals surface area contributed by atoms with Crippen molar-refractivity contribution in [3.8, 4) is 0 Å². The fraction of sp³-hybridized carbons (Fsp3) is 1.00. The first-order valence-corrected chi connectivity index (χ1v) is 6.14. The molecule has 98 valence electrons. The molecule has 0 aliphatic carbocycles. The lowest BCUT2D eigenvalue weighted by Gasteiger charge is -2.26. The third-order valence-corrected chi connectivity index (χ3v) is 2.93. The van der Waals surface area contributed by atoms with Crippen LogP contribution in [0.5, 0.6) is 0 Å². The monoisotopic (exact) mass is 232 g/mol. The fourth-order valence-electron chi connectivity index (χ4n) is 1.33. The van der Waals surface area contributed by atoms with Crippen molar-refractivity contribution in [3.05, 3.63) is 0 Å². The standard InChI is InChI=1S/C12H28N2O2/c1-5-12(2,16-4)11-14-8-6-7-13-9-10-15-3/h13-14H,5-11H2,1-4H3. The molecule has 2 N–H and O–H groups in total. The molecule has 0 heterocycles. The van der Waals surface area contributed by atoms with E-state index in [0.717, 1.165) is 45.6 Å². The van der Waals surface area contributed by atoms with Gasteiger partial charge in [-0.05, 0) is 32.9 Å². The Hall–Kier alpha value is -0.160. The third-order valence-electron chi connectivity index (χ3n) is 2.93. The summed E-state index contributed by atoms with van der Waals surface area (Å²) in [6, 6.07) is 0. The quantitative estimate of drug-likeness (QED) is 0.522. The van der Waals surface area contributed by atoms with E-state index >= 15 is 0 Å². The molecule has 0 aromatic rings. The van der Waals surface area contributed by atoms with Gasteiger partial charge in [0.2, 0.25) is 0 Å². The highest BCUT2D eigenvalue weighted by atomic mass is 16.5. The minimum atomic E-state index is -0.0243. The maximum Gasteiger partial charge on any atom is 0.0771 e. The molecule has 0 aliphatic rings. The molecule has 0 saturated carbocycles. The molecule has 0 fully saturated rings. The number of hydrogen-bond donors (Lipinski definition) is 2. The van der Waals surface area contributed by atoms with Gasteiger partial charge in [0, 0.05) is 27.3 Å². The molecule has 0 saturated heterocycles. The van der Waals surface area contributed by atoms with E-state index < -0.39 is 0 Å². The Morgan fingerprint density at radius 3 is 2.31 bits per heavy atom. The van der Waals surface area contributed by atoms with Crippen LogP contribution in [0.15, 0.2) is 0 Å². The van der Waals surface area contributed by atoms with Crippen LogP contribution in [0.4, 0.5) is 0 Å². The molecule has 16 heavy (non-hydrogen) atoms. The molecule has 1 atom stereocenters. The maximum absolute atomic E-state index is 5.45. The Bertz CT molecular complexity index is 150. The van der Waals surface area contributed by atoms with Crippen LogP contribution in [0, 0.1) is 0 Å². The lowest BCUT2D eigenvalue weighted by molar-refractivity contribution is 0.00385. The normalized spacial score (nSPS) is 15.0. The first-order chi connectivity index (χ1) is 7.68. The van der Waals surface area contributed by atoms with Crippen molar-refractivity contribution in [3.63, 3.8) is 0 Å². The highest BCUT2D eigenvalue weighted by molar-refractivity contribution is 4.75. The third kappa shape index (κ3) is 8.05. The average molecular weight is 232 g/mol. The Labute approximate surface area is 100 Å². The summed E-state index contributed by atoms with van der Waals surface area (Å²) in [6.45, 7) is 8.98. The van der Waals surface area contributed by atoms with E-state index in [4.69, 9.17) is 9.47 Å². The van der Waals surface area contributed by atoms with Crippen molar-refractivity contribution in [1.29, 1.82) is 0 Å². The highest BCUT2D eigenvalue weighted by Gasteiger charge is 2.19. The van der Waals surface area contributed by atoms with E-state index in [1.54, 1.807) is 14.2 Å². The molecule has 0 radical (unpaired) electrons. The summed E-state index contributed by atoms with van der Waals surface area (Å²) >= 11 is 0. The van der Waals surface area contributed by atoms with Crippen LogP contribution < -0.4 is 10.6 Å². The lowest BCUT2D eigenvalue weighted by atomic mass is 10.0. The summed E-state index contributed by atoms with van der Waals surface area (Å²) < 4.78 is 10.4. The van der Waals surface area contributed by atoms with Crippen LogP contribution in [0.2, 0.25) is 0 Å². The molecule has 0 spiro atoms. The average Bonchev–Trinajstić information content (AvgIpc) is 2.32. The van der Waals surface area contributed by atoms with Gasteiger partial charge in [-0.15, -0.1) is 0 Å². The Balaban J connectivity index is 3.26. The van der Waals surface area contributed by atoms with Crippen molar-refractivity contribution in [2.24, 2.45) is 0 Å². The van der Waals surface area contributed by atoms with Gasteiger partial charge in [-0.25, -0.2) is 0 Å². The molecule has 0 amide bonds. The van der Waals surface area contributed by atoms with Crippen LogP contribution in [0.3, 0.4) is 0 Å². The van der Waals surface area contributed by atoms with Crippen molar-refractivity contribution in [2.45, 2.75) is 32.3 Å². The summed E-state index contributed by atoms with van der Waals surface area (Å²) in [6.07, 6.45) is 2.16. The minimum Gasteiger partial charge on any atom is -0.383 e. The first kappa shape index (κ1) is 15.8. The molecule has 1 unspecified atom stereocenters. The van der Waals surface area contributed by atoms with Gasteiger partial charge < -0.3 is 20.1 Å². The molecule has 0 bridgehead atoms. The van der Waals surface area contributed by atoms with Gasteiger partial charge in [0.15, 0.2) is 0 Å². The number of methoxy groups -OCH3 is 2. The van der Waals surface area contributed by atoms with Crippen LogP contribution in [0.1, 0.15) is 26.7 Å². The van der Waals surface area contributed by atoms with Crippen LogP contribution in [-0.4, -0.2) is 52.6 Å². The van der Waals surface area contributed by atoms with Gasteiger partial charge in [-0.3, -0.25) is 0 Å². The van der Waals surface area contributed by atoms with Crippen molar-refractivity contribution in [1.82, 2.24) is 10.6 Å². The van der Waals surface area contributed by atoms with Crippen molar-refractivity contribution >= 4 is 0 Å². The molecule has 0 aliphatic heterocycles. The highest BCUT2D eigenvalue weighted by Crippen LogP contribution is 2.11. The zero-order valence-corrected chi connectivity index (χ0v) is 11.3. The summed E-state index contributed by atoms with van der Waals surface area (Å²) in [5.41, 5.74) is -0.0243. The molecule has 0 aromatic carbocycles. The Morgan fingerprint density at radius 2 is 1.75 bits per heavy atom. The number of rotatable bonds is 11. The van der Waals surface area contributed by atoms with E-state index in [0.29, 0.717) is 0 Å². The Morgan fingerprint density at radius 1 is 1.06 bits per heavy atom. The number of hydrogen-bond acceptors (Lipinski definition) is 4.